The lowest BCUT2D eigenvalue weighted by Crippen LogP contribution is -2.25. The molecule has 0 saturated heterocycles. The van der Waals surface area contributed by atoms with Gasteiger partial charge >= 0.3 is 6.18 Å². The molecule has 2 fully saturated rings. The van der Waals surface area contributed by atoms with Crippen LogP contribution < -0.4 is 0 Å². The quantitative estimate of drug-likeness (QED) is 0.390. The lowest BCUT2D eigenvalue weighted by Gasteiger charge is -2.32. The first-order chi connectivity index (χ1) is 13.8. The van der Waals surface area contributed by atoms with Crippen LogP contribution in [0, 0.1) is 23.2 Å². The minimum absolute atomic E-state index is 0.133. The van der Waals surface area contributed by atoms with E-state index in [0.717, 1.165) is 63.5 Å². The first kappa shape index (κ1) is 21.8. The first-order valence-corrected chi connectivity index (χ1v) is 10.4. The molecule has 0 radical (unpaired) electrons. The summed E-state index contributed by atoms with van der Waals surface area (Å²) in [6.07, 6.45) is 4.83. The SMILES string of the molecule is N#CC(F)=CC1CCC(OCC2CCC(c3ccc(C(F)(F)F)cc3)CC2)CC1. The molecule has 0 aliphatic heterocycles. The number of benzene rings is 1. The van der Waals surface area contributed by atoms with Crippen LogP contribution in [0.4, 0.5) is 17.6 Å². The van der Waals surface area contributed by atoms with E-state index in [9.17, 15) is 17.6 Å². The molecule has 29 heavy (non-hydrogen) atoms. The number of nitrogens with zero attached hydrogens (tertiary/aromatic N) is 1. The molecule has 6 heteroatoms. The highest BCUT2D eigenvalue weighted by Crippen LogP contribution is 2.38. The second-order valence-corrected chi connectivity index (χ2v) is 8.33. The Kier molecular flexibility index (Phi) is 7.34. The van der Waals surface area contributed by atoms with Gasteiger partial charge in [0.2, 0.25) is 0 Å². The zero-order valence-corrected chi connectivity index (χ0v) is 16.4. The maximum Gasteiger partial charge on any atom is 0.416 e. The van der Waals surface area contributed by atoms with Gasteiger partial charge in [-0.15, -0.1) is 0 Å². The average Bonchev–Trinajstić information content (AvgIpc) is 2.73. The Bertz CT molecular complexity index is 719. The highest BCUT2D eigenvalue weighted by atomic mass is 19.4. The van der Waals surface area contributed by atoms with Gasteiger partial charge in [-0.2, -0.15) is 22.8 Å². The molecular weight excluding hydrogens is 382 g/mol. The fraction of sp³-hybridized carbons (Fsp3) is 0.609. The summed E-state index contributed by atoms with van der Waals surface area (Å²) in [7, 11) is 0. The predicted octanol–water partition coefficient (Wildman–Crippen LogP) is 6.93. The predicted molar refractivity (Wildman–Crippen MR) is 103 cm³/mol. The van der Waals surface area contributed by atoms with Crippen molar-refractivity contribution in [1.82, 2.24) is 0 Å². The van der Waals surface area contributed by atoms with Crippen molar-refractivity contribution in [2.75, 3.05) is 6.61 Å². The molecule has 0 amide bonds. The van der Waals surface area contributed by atoms with Gasteiger partial charge in [0.1, 0.15) is 6.07 Å². The van der Waals surface area contributed by atoms with Crippen LogP contribution in [-0.4, -0.2) is 12.7 Å². The second-order valence-electron chi connectivity index (χ2n) is 8.33. The van der Waals surface area contributed by atoms with Gasteiger partial charge in [0.15, 0.2) is 5.83 Å². The fourth-order valence-corrected chi connectivity index (χ4v) is 4.55. The molecule has 0 N–H and O–H groups in total. The molecule has 3 rings (SSSR count). The molecule has 0 aromatic heterocycles. The normalized spacial score (nSPS) is 28.7. The third-order valence-electron chi connectivity index (χ3n) is 6.33. The minimum atomic E-state index is -4.28. The summed E-state index contributed by atoms with van der Waals surface area (Å²) in [6.45, 7) is 0.720. The van der Waals surface area contributed by atoms with Gasteiger partial charge in [-0.3, -0.25) is 0 Å². The zero-order valence-electron chi connectivity index (χ0n) is 16.4. The topological polar surface area (TPSA) is 33.0 Å². The Hall–Kier alpha value is -1.87. The van der Waals surface area contributed by atoms with Crippen molar-refractivity contribution < 1.29 is 22.3 Å². The van der Waals surface area contributed by atoms with Crippen LogP contribution in [0.1, 0.15) is 68.4 Å². The van der Waals surface area contributed by atoms with Crippen molar-refractivity contribution in [3.05, 3.63) is 47.3 Å². The standard InChI is InChI=1S/C23H27F4NO/c24-21(14-28)13-16-3-11-22(12-4-16)29-15-17-1-5-18(6-2-17)19-7-9-20(10-8-19)23(25,26)27/h7-10,13,16-18,22H,1-6,11-12,15H2. The smallest absolute Gasteiger partial charge is 0.378 e. The second kappa shape index (κ2) is 9.75. The van der Waals surface area contributed by atoms with Gasteiger partial charge in [-0.05, 0) is 92.9 Å². The molecule has 2 aliphatic carbocycles. The van der Waals surface area contributed by atoms with Crippen LogP contribution >= 0.6 is 0 Å². The maximum absolute atomic E-state index is 13.0. The fourth-order valence-electron chi connectivity index (χ4n) is 4.55. The molecule has 0 bridgehead atoms. The largest absolute Gasteiger partial charge is 0.416 e. The summed E-state index contributed by atoms with van der Waals surface area (Å²) in [4.78, 5) is 0. The van der Waals surface area contributed by atoms with Gasteiger partial charge in [0, 0.05) is 6.61 Å². The average molecular weight is 409 g/mol. The molecule has 0 spiro atoms. The summed E-state index contributed by atoms with van der Waals surface area (Å²) >= 11 is 0. The maximum atomic E-state index is 13.0. The number of halogens is 4. The van der Waals surface area contributed by atoms with E-state index in [-0.39, 0.29) is 12.0 Å². The summed E-state index contributed by atoms with van der Waals surface area (Å²) in [5.41, 5.74) is 0.400. The third-order valence-corrected chi connectivity index (χ3v) is 6.33. The van der Waals surface area contributed by atoms with E-state index in [2.05, 4.69) is 0 Å². The van der Waals surface area contributed by atoms with Crippen LogP contribution in [0.3, 0.4) is 0 Å². The van der Waals surface area contributed by atoms with Crippen molar-refractivity contribution in [1.29, 1.82) is 5.26 Å². The highest BCUT2D eigenvalue weighted by Gasteiger charge is 2.31. The van der Waals surface area contributed by atoms with E-state index in [1.54, 1.807) is 12.1 Å². The van der Waals surface area contributed by atoms with Crippen LogP contribution in [0.2, 0.25) is 0 Å². The Morgan fingerprint density at radius 3 is 2.17 bits per heavy atom. The molecule has 1 aromatic carbocycles. The number of allylic oxidation sites excluding steroid dienone is 2. The van der Waals surface area contributed by atoms with Crippen molar-refractivity contribution in [3.63, 3.8) is 0 Å². The number of rotatable bonds is 5. The zero-order chi connectivity index (χ0) is 20.9. The Morgan fingerprint density at radius 1 is 1.00 bits per heavy atom. The van der Waals surface area contributed by atoms with E-state index in [4.69, 9.17) is 10.00 Å². The molecule has 0 atom stereocenters. The van der Waals surface area contributed by atoms with Crippen LogP contribution in [-0.2, 0) is 10.9 Å². The van der Waals surface area contributed by atoms with Crippen LogP contribution in [0.15, 0.2) is 36.2 Å². The molecule has 0 unspecified atom stereocenters. The molecule has 158 valence electrons. The van der Waals surface area contributed by atoms with Crippen LogP contribution in [0.25, 0.3) is 0 Å². The summed E-state index contributed by atoms with van der Waals surface area (Å²) in [6, 6.07) is 7.12. The number of alkyl halides is 3. The van der Waals surface area contributed by atoms with E-state index >= 15 is 0 Å². The highest BCUT2D eigenvalue weighted by molar-refractivity contribution is 5.27. The van der Waals surface area contributed by atoms with Crippen molar-refractivity contribution in [2.45, 2.75) is 69.6 Å². The monoisotopic (exact) mass is 409 g/mol. The molecular formula is C23H27F4NO. The Balaban J connectivity index is 1.38. The molecule has 2 aliphatic rings. The van der Waals surface area contributed by atoms with Crippen molar-refractivity contribution >= 4 is 0 Å². The van der Waals surface area contributed by atoms with E-state index in [1.165, 1.54) is 24.3 Å². The number of nitriles is 1. The number of hydrogen-bond donors (Lipinski definition) is 0. The number of hydrogen-bond acceptors (Lipinski definition) is 2. The minimum Gasteiger partial charge on any atom is -0.378 e. The molecule has 2 saturated carbocycles. The van der Waals surface area contributed by atoms with E-state index < -0.39 is 17.6 Å². The summed E-state index contributed by atoms with van der Waals surface area (Å²) in [5.74, 6) is 0.257. The van der Waals surface area contributed by atoms with Crippen molar-refractivity contribution in [2.24, 2.45) is 11.8 Å². The lowest BCUT2D eigenvalue weighted by molar-refractivity contribution is -0.137. The van der Waals surface area contributed by atoms with Gasteiger partial charge in [0.05, 0.1) is 11.7 Å². The van der Waals surface area contributed by atoms with Crippen LogP contribution in [0.5, 0.6) is 0 Å². The van der Waals surface area contributed by atoms with E-state index in [1.807, 2.05) is 0 Å². The molecule has 1 aromatic rings. The molecule has 0 heterocycles. The van der Waals surface area contributed by atoms with Gasteiger partial charge < -0.3 is 4.74 Å². The third kappa shape index (κ3) is 6.30. The Morgan fingerprint density at radius 2 is 1.62 bits per heavy atom. The van der Waals surface area contributed by atoms with Gasteiger partial charge in [-0.1, -0.05) is 12.1 Å². The molecule has 2 nitrogen and oxygen atoms in total. The van der Waals surface area contributed by atoms with E-state index in [0.29, 0.717) is 11.8 Å². The van der Waals surface area contributed by atoms with Crippen molar-refractivity contribution in [3.8, 4) is 6.07 Å². The summed E-state index contributed by atoms with van der Waals surface area (Å²) < 4.78 is 57.2. The summed E-state index contributed by atoms with van der Waals surface area (Å²) in [5, 5.41) is 8.52. The number of ether oxygens (including phenoxy) is 1. The van der Waals surface area contributed by atoms with Gasteiger partial charge in [-0.25, -0.2) is 0 Å². The van der Waals surface area contributed by atoms with Gasteiger partial charge in [0.25, 0.3) is 0 Å². The Labute approximate surface area is 169 Å². The lowest BCUT2D eigenvalue weighted by atomic mass is 9.79. The first-order valence-electron chi connectivity index (χ1n) is 10.4.